The summed E-state index contributed by atoms with van der Waals surface area (Å²) in [6, 6.07) is -0.625. The minimum atomic E-state index is -0.978. The number of hydrogen-bond acceptors (Lipinski definition) is 5. The molecule has 0 aliphatic carbocycles. The van der Waals surface area contributed by atoms with Crippen LogP contribution >= 0.6 is 0 Å². The minimum Gasteiger partial charge on any atom is -0.309 e. The van der Waals surface area contributed by atoms with Crippen molar-refractivity contribution in [2.24, 2.45) is 10.9 Å². The van der Waals surface area contributed by atoms with Gasteiger partial charge in [-0.1, -0.05) is 13.3 Å². The van der Waals surface area contributed by atoms with Crippen molar-refractivity contribution in [1.82, 2.24) is 15.1 Å². The predicted octanol–water partition coefficient (Wildman–Crippen LogP) is 0.894. The molecule has 0 saturated carbocycles. The fourth-order valence-electron chi connectivity index (χ4n) is 2.24. The number of unbranched alkanes of at least 4 members (excludes halogenated alkanes) is 1. The maximum atomic E-state index is 12.4. The van der Waals surface area contributed by atoms with Crippen LogP contribution in [0.3, 0.4) is 0 Å². The molecule has 1 saturated heterocycles. The van der Waals surface area contributed by atoms with Crippen LogP contribution < -0.4 is 5.32 Å². The van der Waals surface area contributed by atoms with Crippen LogP contribution in [0.15, 0.2) is 4.99 Å². The molecule has 7 nitrogen and oxygen atoms in total. The molecule has 4 amide bonds. The number of urea groups is 1. The highest BCUT2D eigenvalue weighted by Gasteiger charge is 2.41. The minimum absolute atomic E-state index is 0.332. The van der Waals surface area contributed by atoms with Crippen molar-refractivity contribution in [3.8, 4) is 0 Å². The molecule has 0 radical (unpaired) electrons. The van der Waals surface area contributed by atoms with Crippen LogP contribution in [0.4, 0.5) is 4.79 Å². The Morgan fingerprint density at radius 3 is 2.55 bits per heavy atom. The summed E-state index contributed by atoms with van der Waals surface area (Å²) in [5.41, 5.74) is 0.468. The molecule has 1 heterocycles. The fourth-order valence-corrected chi connectivity index (χ4v) is 2.24. The molecular formula is C15H26N4O3. The lowest BCUT2D eigenvalue weighted by atomic mass is 9.99. The topological polar surface area (TPSA) is 82.1 Å². The Morgan fingerprint density at radius 1 is 1.27 bits per heavy atom. The van der Waals surface area contributed by atoms with Crippen molar-refractivity contribution in [3.63, 3.8) is 0 Å². The van der Waals surface area contributed by atoms with Crippen LogP contribution in [0, 0.1) is 5.92 Å². The number of aliphatic imine (C=N–C) groups is 1. The molecule has 0 aromatic rings. The molecule has 7 heteroatoms. The lowest BCUT2D eigenvalue weighted by molar-refractivity contribution is -0.139. The van der Waals surface area contributed by atoms with Crippen LogP contribution in [0.1, 0.15) is 33.1 Å². The molecule has 1 N–H and O–H groups in total. The quantitative estimate of drug-likeness (QED) is 0.410. The second kappa shape index (κ2) is 8.63. The van der Waals surface area contributed by atoms with Crippen molar-refractivity contribution in [1.29, 1.82) is 0 Å². The van der Waals surface area contributed by atoms with E-state index in [9.17, 15) is 14.4 Å². The Balaban J connectivity index is 2.73. The van der Waals surface area contributed by atoms with Gasteiger partial charge < -0.3 is 4.90 Å². The molecule has 1 atom stereocenters. The summed E-state index contributed by atoms with van der Waals surface area (Å²) in [4.78, 5) is 43.6. The van der Waals surface area contributed by atoms with Gasteiger partial charge in [-0.2, -0.15) is 0 Å². The van der Waals surface area contributed by atoms with Gasteiger partial charge in [0.1, 0.15) is 0 Å². The summed E-state index contributed by atoms with van der Waals surface area (Å²) in [6.07, 6.45) is 2.44. The molecule has 0 spiro atoms. The second-order valence-corrected chi connectivity index (χ2v) is 5.75. The normalized spacial score (nSPS) is 19.9. The van der Waals surface area contributed by atoms with E-state index in [-0.39, 0.29) is 0 Å². The van der Waals surface area contributed by atoms with E-state index in [1.165, 1.54) is 0 Å². The first-order chi connectivity index (χ1) is 10.4. The van der Waals surface area contributed by atoms with Crippen molar-refractivity contribution in [2.45, 2.75) is 33.1 Å². The molecule has 0 aromatic carbocycles. The lowest BCUT2D eigenvalue weighted by Gasteiger charge is -2.30. The van der Waals surface area contributed by atoms with Gasteiger partial charge >= 0.3 is 6.03 Å². The first-order valence-corrected chi connectivity index (χ1v) is 7.70. The summed E-state index contributed by atoms with van der Waals surface area (Å²) in [6.45, 7) is 5.43. The van der Waals surface area contributed by atoms with Gasteiger partial charge in [-0.05, 0) is 40.4 Å². The van der Waals surface area contributed by atoms with Crippen molar-refractivity contribution in [2.75, 3.05) is 33.7 Å². The van der Waals surface area contributed by atoms with E-state index in [0.29, 0.717) is 18.8 Å². The highest BCUT2D eigenvalue weighted by atomic mass is 16.2. The number of hydrogen-bond donors (Lipinski definition) is 1. The number of barbiturate groups is 1. The third-order valence-corrected chi connectivity index (χ3v) is 3.53. The zero-order valence-electron chi connectivity index (χ0n) is 13.9. The van der Waals surface area contributed by atoms with Crippen LogP contribution in [0.2, 0.25) is 0 Å². The number of amides is 4. The molecule has 0 aromatic heterocycles. The van der Waals surface area contributed by atoms with Gasteiger partial charge in [0, 0.05) is 18.8 Å². The van der Waals surface area contributed by atoms with E-state index in [2.05, 4.69) is 15.2 Å². The highest BCUT2D eigenvalue weighted by Crippen LogP contribution is 2.14. The van der Waals surface area contributed by atoms with E-state index in [0.717, 1.165) is 30.7 Å². The molecule has 1 rings (SSSR count). The third-order valence-electron chi connectivity index (χ3n) is 3.53. The van der Waals surface area contributed by atoms with E-state index in [4.69, 9.17) is 0 Å². The molecule has 1 fully saturated rings. The first kappa shape index (κ1) is 18.3. The van der Waals surface area contributed by atoms with Gasteiger partial charge in [0.25, 0.3) is 0 Å². The zero-order chi connectivity index (χ0) is 16.7. The molecular weight excluding hydrogens is 284 g/mol. The third kappa shape index (κ3) is 4.91. The van der Waals surface area contributed by atoms with Gasteiger partial charge in [0.05, 0.1) is 0 Å². The Bertz CT molecular complexity index is 460. The van der Waals surface area contributed by atoms with Gasteiger partial charge in [-0.25, -0.2) is 4.79 Å². The maximum absolute atomic E-state index is 12.4. The molecule has 0 bridgehead atoms. The van der Waals surface area contributed by atoms with Gasteiger partial charge in [-0.15, -0.1) is 0 Å². The van der Waals surface area contributed by atoms with Crippen LogP contribution in [-0.4, -0.2) is 67.1 Å². The highest BCUT2D eigenvalue weighted by molar-refractivity contribution is 6.27. The van der Waals surface area contributed by atoms with Crippen LogP contribution in [0.25, 0.3) is 0 Å². The number of carbonyl (C=O) groups excluding carboxylic acids is 3. The Hall–Kier alpha value is -1.76. The van der Waals surface area contributed by atoms with E-state index in [1.54, 1.807) is 6.92 Å². The molecule has 1 aliphatic heterocycles. The summed E-state index contributed by atoms with van der Waals surface area (Å²) in [7, 11) is 3.96. The first-order valence-electron chi connectivity index (χ1n) is 7.70. The van der Waals surface area contributed by atoms with Gasteiger partial charge in [0.2, 0.25) is 11.8 Å². The standard InChI is InChI=1S/C15H26N4O3/c1-5-6-10-19-14(21)12(13(20)17-15(19)22)11(2)16-8-7-9-18(3)4/h12H,5-10H2,1-4H3,(H,17,20,22)/t12-/m1/s1. The second-order valence-electron chi connectivity index (χ2n) is 5.75. The molecule has 124 valence electrons. The van der Waals surface area contributed by atoms with Crippen LogP contribution in [0.5, 0.6) is 0 Å². The van der Waals surface area contributed by atoms with Gasteiger partial charge in [0.15, 0.2) is 5.92 Å². The SMILES string of the molecule is CCCCN1C(=O)NC(=O)[C@@H](C(C)=NCCCN(C)C)C1=O. The Labute approximate surface area is 131 Å². The lowest BCUT2D eigenvalue weighted by Crippen LogP contribution is -2.59. The number of carbonyl (C=O) groups is 3. The largest absolute Gasteiger partial charge is 0.330 e. The number of imide groups is 2. The summed E-state index contributed by atoms with van der Waals surface area (Å²) >= 11 is 0. The Kier molecular flexibility index (Phi) is 7.17. The summed E-state index contributed by atoms with van der Waals surface area (Å²) in [5, 5.41) is 2.25. The number of nitrogens with one attached hydrogen (secondary N) is 1. The monoisotopic (exact) mass is 310 g/mol. The van der Waals surface area contributed by atoms with Crippen molar-refractivity contribution < 1.29 is 14.4 Å². The summed E-state index contributed by atoms with van der Waals surface area (Å²) in [5.74, 6) is -2.01. The van der Waals surface area contributed by atoms with E-state index < -0.39 is 23.8 Å². The predicted molar refractivity (Wildman–Crippen MR) is 84.8 cm³/mol. The smallest absolute Gasteiger partial charge is 0.309 e. The van der Waals surface area contributed by atoms with Crippen LogP contribution in [-0.2, 0) is 9.59 Å². The van der Waals surface area contributed by atoms with E-state index in [1.807, 2.05) is 21.0 Å². The van der Waals surface area contributed by atoms with Crippen molar-refractivity contribution in [3.05, 3.63) is 0 Å². The molecule has 0 unspecified atom stereocenters. The number of nitrogens with zero attached hydrogens (tertiary/aromatic N) is 3. The van der Waals surface area contributed by atoms with Crippen molar-refractivity contribution >= 4 is 23.6 Å². The Morgan fingerprint density at radius 2 is 1.95 bits per heavy atom. The maximum Gasteiger partial charge on any atom is 0.330 e. The van der Waals surface area contributed by atoms with Gasteiger partial charge in [-0.3, -0.25) is 24.8 Å². The number of rotatable bonds is 8. The summed E-state index contributed by atoms with van der Waals surface area (Å²) < 4.78 is 0. The zero-order valence-corrected chi connectivity index (χ0v) is 13.9. The molecule has 1 aliphatic rings. The fraction of sp³-hybridized carbons (Fsp3) is 0.733. The van der Waals surface area contributed by atoms with E-state index >= 15 is 0 Å². The molecule has 22 heavy (non-hydrogen) atoms. The average Bonchev–Trinajstić information content (AvgIpc) is 2.43. The average molecular weight is 310 g/mol.